The lowest BCUT2D eigenvalue weighted by Gasteiger charge is -2.34. The zero-order valence-electron chi connectivity index (χ0n) is 16.3. The van der Waals surface area contributed by atoms with Crippen LogP contribution in [0.2, 0.25) is 10.0 Å². The van der Waals surface area contributed by atoms with Gasteiger partial charge in [0.25, 0.3) is 0 Å². The summed E-state index contributed by atoms with van der Waals surface area (Å²) in [6.07, 6.45) is 0.858. The first-order valence-electron chi connectivity index (χ1n) is 9.70. The molecule has 2 saturated carbocycles. The molecular formula is C20H25Cl2FN2O4. The van der Waals surface area contributed by atoms with Crippen molar-refractivity contribution in [3.05, 3.63) is 33.8 Å². The van der Waals surface area contributed by atoms with Crippen molar-refractivity contribution >= 4 is 35.1 Å². The maximum absolute atomic E-state index is 15.3. The zero-order valence-corrected chi connectivity index (χ0v) is 17.9. The predicted octanol–water partition coefficient (Wildman–Crippen LogP) is 2.68. The number of fused-ring (bicyclic) bond motifs is 1. The molecule has 9 heteroatoms. The Hall–Kier alpha value is -1.41. The Labute approximate surface area is 179 Å². The van der Waals surface area contributed by atoms with Gasteiger partial charge in [0.15, 0.2) is 0 Å². The number of nitrogens with two attached hydrogens (primary N) is 1. The molecular weight excluding hydrogens is 422 g/mol. The topological polar surface area (TPSA) is 90.6 Å². The molecule has 29 heavy (non-hydrogen) atoms. The van der Waals surface area contributed by atoms with Gasteiger partial charge in [0.05, 0.1) is 23.3 Å². The van der Waals surface area contributed by atoms with Crippen LogP contribution in [-0.2, 0) is 25.5 Å². The third-order valence-electron chi connectivity index (χ3n) is 5.87. The van der Waals surface area contributed by atoms with E-state index in [1.54, 1.807) is 26.0 Å². The molecule has 0 radical (unpaired) electrons. The summed E-state index contributed by atoms with van der Waals surface area (Å²) in [7, 11) is 0. The Morgan fingerprint density at radius 3 is 2.48 bits per heavy atom. The van der Waals surface area contributed by atoms with Crippen LogP contribution in [0, 0.1) is 11.8 Å². The molecule has 0 heterocycles. The number of halogens is 3. The van der Waals surface area contributed by atoms with E-state index in [0.717, 1.165) is 5.56 Å². The summed E-state index contributed by atoms with van der Waals surface area (Å²) in [6, 6.07) is 4.83. The van der Waals surface area contributed by atoms with E-state index in [2.05, 4.69) is 5.32 Å². The van der Waals surface area contributed by atoms with Crippen LogP contribution in [0.4, 0.5) is 4.39 Å². The van der Waals surface area contributed by atoms with Gasteiger partial charge in [-0.2, -0.15) is 0 Å². The highest BCUT2D eigenvalue weighted by Crippen LogP contribution is 2.67. The maximum atomic E-state index is 15.3. The average Bonchev–Trinajstić information content (AvgIpc) is 3.15. The highest BCUT2D eigenvalue weighted by atomic mass is 35.5. The molecule has 160 valence electrons. The van der Waals surface area contributed by atoms with E-state index in [0.29, 0.717) is 23.0 Å². The molecule has 0 amide bonds. The first kappa shape index (κ1) is 22.3. The van der Waals surface area contributed by atoms with Gasteiger partial charge in [-0.15, -0.1) is 0 Å². The lowest BCUT2D eigenvalue weighted by atomic mass is 9.85. The fraction of sp³-hybridized carbons (Fsp3) is 0.600. The lowest BCUT2D eigenvalue weighted by Crippen LogP contribution is -2.64. The van der Waals surface area contributed by atoms with E-state index in [1.807, 2.05) is 6.07 Å². The summed E-state index contributed by atoms with van der Waals surface area (Å²) in [5.41, 5.74) is 3.51. The van der Waals surface area contributed by atoms with Crippen molar-refractivity contribution in [2.75, 3.05) is 19.8 Å². The number of esters is 2. The number of nitrogens with one attached hydrogen (secondary N) is 1. The molecule has 0 spiro atoms. The second-order valence-electron chi connectivity index (χ2n) is 7.47. The van der Waals surface area contributed by atoms with Crippen LogP contribution >= 0.6 is 23.2 Å². The van der Waals surface area contributed by atoms with Gasteiger partial charge < -0.3 is 20.5 Å². The third kappa shape index (κ3) is 3.74. The quantitative estimate of drug-likeness (QED) is 0.596. The first-order valence-corrected chi connectivity index (χ1v) is 10.5. The summed E-state index contributed by atoms with van der Waals surface area (Å²) in [6.45, 7) is 3.92. The smallest absolute Gasteiger partial charge is 0.344 e. The maximum Gasteiger partial charge on any atom is 0.344 e. The lowest BCUT2D eigenvalue weighted by molar-refractivity contribution is -0.157. The third-order valence-corrected chi connectivity index (χ3v) is 6.61. The van der Waals surface area contributed by atoms with Crippen molar-refractivity contribution < 1.29 is 23.5 Å². The van der Waals surface area contributed by atoms with Gasteiger partial charge in [-0.1, -0.05) is 29.3 Å². The molecule has 0 bridgehead atoms. The minimum atomic E-state index is -2.24. The standard InChI is InChI=1S/C20H25Cl2FN2O4/c1-3-28-17(26)19(23)12-10-15(20(24,16(12)19)18(27)29-4-2)25-8-7-11-5-6-13(21)14(22)9-11/h5-6,9,12,15-16,25H,3-4,7-8,10,24H2,1-2H3/t12-,15-,16+,19-,20+/m1/s1. The van der Waals surface area contributed by atoms with Gasteiger partial charge in [0, 0.05) is 17.9 Å². The minimum absolute atomic E-state index is 0.0618. The normalized spacial score (nSPS) is 32.6. The Kier molecular flexibility index (Phi) is 6.44. The van der Waals surface area contributed by atoms with E-state index in [1.165, 1.54) is 0 Å². The van der Waals surface area contributed by atoms with Crippen LogP contribution in [0.15, 0.2) is 18.2 Å². The molecule has 2 aliphatic rings. The second kappa shape index (κ2) is 8.38. The van der Waals surface area contributed by atoms with Crippen LogP contribution in [0.5, 0.6) is 0 Å². The van der Waals surface area contributed by atoms with E-state index in [9.17, 15) is 9.59 Å². The van der Waals surface area contributed by atoms with Gasteiger partial charge in [-0.25, -0.2) is 14.0 Å². The summed E-state index contributed by atoms with van der Waals surface area (Å²) in [5, 5.41) is 4.18. The fourth-order valence-electron chi connectivity index (χ4n) is 4.46. The molecule has 0 saturated heterocycles. The van der Waals surface area contributed by atoms with Crippen molar-refractivity contribution in [2.45, 2.75) is 43.9 Å². The van der Waals surface area contributed by atoms with Crippen LogP contribution in [0.3, 0.4) is 0 Å². The number of hydrogen-bond acceptors (Lipinski definition) is 6. The molecule has 2 fully saturated rings. The number of hydrogen-bond donors (Lipinski definition) is 2. The second-order valence-corrected chi connectivity index (χ2v) is 8.28. The molecule has 2 aliphatic carbocycles. The summed E-state index contributed by atoms with van der Waals surface area (Å²) < 4.78 is 25.3. The van der Waals surface area contributed by atoms with Gasteiger partial charge in [0.1, 0.15) is 5.54 Å². The van der Waals surface area contributed by atoms with E-state index in [4.69, 9.17) is 38.4 Å². The largest absolute Gasteiger partial charge is 0.465 e. The van der Waals surface area contributed by atoms with Gasteiger partial charge >= 0.3 is 11.9 Å². The van der Waals surface area contributed by atoms with E-state index in [-0.39, 0.29) is 19.6 Å². The first-order chi connectivity index (χ1) is 13.7. The molecule has 1 aromatic carbocycles. The molecule has 3 N–H and O–H groups in total. The monoisotopic (exact) mass is 446 g/mol. The Balaban J connectivity index is 1.71. The number of rotatable bonds is 8. The van der Waals surface area contributed by atoms with Gasteiger partial charge in [-0.3, -0.25) is 0 Å². The Morgan fingerprint density at radius 1 is 1.21 bits per heavy atom. The molecule has 6 nitrogen and oxygen atoms in total. The predicted molar refractivity (Wildman–Crippen MR) is 108 cm³/mol. The fourth-order valence-corrected chi connectivity index (χ4v) is 4.78. The van der Waals surface area contributed by atoms with Crippen LogP contribution in [-0.4, -0.2) is 48.9 Å². The highest BCUT2D eigenvalue weighted by molar-refractivity contribution is 6.42. The average molecular weight is 447 g/mol. The molecule has 1 aromatic rings. The van der Waals surface area contributed by atoms with Crippen molar-refractivity contribution in [1.82, 2.24) is 5.32 Å². The molecule has 3 rings (SSSR count). The van der Waals surface area contributed by atoms with Crippen molar-refractivity contribution in [3.8, 4) is 0 Å². The zero-order chi connectivity index (χ0) is 21.4. The number of carbonyl (C=O) groups is 2. The molecule has 0 unspecified atom stereocenters. The summed E-state index contributed by atoms with van der Waals surface area (Å²) in [5.74, 6) is -3.29. The Bertz CT molecular complexity index is 811. The highest BCUT2D eigenvalue weighted by Gasteiger charge is 2.85. The minimum Gasteiger partial charge on any atom is -0.465 e. The van der Waals surface area contributed by atoms with Crippen molar-refractivity contribution in [2.24, 2.45) is 17.6 Å². The van der Waals surface area contributed by atoms with Crippen molar-refractivity contribution in [3.63, 3.8) is 0 Å². The number of carbonyl (C=O) groups excluding carboxylic acids is 2. The van der Waals surface area contributed by atoms with Gasteiger partial charge in [-0.05, 0) is 50.9 Å². The number of ether oxygens (including phenoxy) is 2. The van der Waals surface area contributed by atoms with Gasteiger partial charge in [0.2, 0.25) is 5.67 Å². The Morgan fingerprint density at radius 2 is 1.86 bits per heavy atom. The van der Waals surface area contributed by atoms with Crippen molar-refractivity contribution in [1.29, 1.82) is 0 Å². The SMILES string of the molecule is CCOC(=O)[C@@]1(N)[C@H]2[C@@H](C[C@H]1NCCc1ccc(Cl)c(Cl)c1)[C@]2(F)C(=O)OCC. The molecule has 0 aromatic heterocycles. The summed E-state index contributed by atoms with van der Waals surface area (Å²) in [4.78, 5) is 24.8. The van der Waals surface area contributed by atoms with E-state index >= 15 is 4.39 Å². The number of alkyl halides is 1. The van der Waals surface area contributed by atoms with Crippen LogP contribution in [0.25, 0.3) is 0 Å². The molecule has 5 atom stereocenters. The van der Waals surface area contributed by atoms with Crippen LogP contribution < -0.4 is 11.1 Å². The summed E-state index contributed by atoms with van der Waals surface area (Å²) >= 11 is 12.0. The molecule has 0 aliphatic heterocycles. The van der Waals surface area contributed by atoms with Crippen LogP contribution in [0.1, 0.15) is 25.8 Å². The number of benzene rings is 1. The van der Waals surface area contributed by atoms with E-state index < -0.39 is 41.0 Å².